The molecule has 0 aliphatic rings. The van der Waals surface area contributed by atoms with Gasteiger partial charge in [0.25, 0.3) is 0 Å². The summed E-state index contributed by atoms with van der Waals surface area (Å²) >= 11 is 0. The first-order valence-corrected chi connectivity index (χ1v) is 11.6. The largest absolute Gasteiger partial charge is 0.458 e. The van der Waals surface area contributed by atoms with Gasteiger partial charge in [0, 0.05) is 6.42 Å². The molecule has 0 spiro atoms. The predicted molar refractivity (Wildman–Crippen MR) is 124 cm³/mol. The molecule has 3 aromatic rings. The third-order valence-electron chi connectivity index (χ3n) is 5.16. The quantitative estimate of drug-likeness (QED) is 0.290. The lowest BCUT2D eigenvalue weighted by atomic mass is 9.99. The van der Waals surface area contributed by atoms with Crippen molar-refractivity contribution >= 4 is 36.1 Å². The van der Waals surface area contributed by atoms with Crippen molar-refractivity contribution < 1.29 is 14.3 Å². The van der Waals surface area contributed by atoms with Crippen LogP contribution in [0.2, 0.25) is 0 Å². The van der Waals surface area contributed by atoms with Crippen molar-refractivity contribution in [2.75, 3.05) is 0 Å². The highest BCUT2D eigenvalue weighted by Gasteiger charge is 2.26. The summed E-state index contributed by atoms with van der Waals surface area (Å²) in [6.07, 6.45) is 1.66. The summed E-state index contributed by atoms with van der Waals surface area (Å²) in [4.78, 5) is 24.1. The van der Waals surface area contributed by atoms with E-state index in [1.807, 2.05) is 74.5 Å². The number of aldehydes is 1. The van der Waals surface area contributed by atoms with Crippen molar-refractivity contribution in [3.8, 4) is 0 Å². The molecule has 2 atom stereocenters. The first-order valence-electron chi connectivity index (χ1n) is 10.3. The molecule has 0 aliphatic carbocycles. The Balaban J connectivity index is 2.01. The number of hydrogen-bond acceptors (Lipinski definition) is 3. The molecule has 30 heavy (non-hydrogen) atoms. The Morgan fingerprint density at radius 1 is 0.900 bits per heavy atom. The number of benzene rings is 3. The smallest absolute Gasteiger partial charge is 0.339 e. The van der Waals surface area contributed by atoms with Gasteiger partial charge in [0.2, 0.25) is 0 Å². The summed E-state index contributed by atoms with van der Waals surface area (Å²) in [5.41, 5.74) is 0.591. The van der Waals surface area contributed by atoms with Gasteiger partial charge in [-0.2, -0.15) is 0 Å². The third-order valence-corrected chi connectivity index (χ3v) is 7.66. The standard InChI is InChI=1S/C26H27O3P/c1-3-24(20(2)18-19-27)29-26(28)23-16-10-11-17-25(23)30(21-12-6-4-7-13-21)22-14-8-5-9-15-22/h4-17,19-20,24H,3,18H2,1-2H3/t20-,24-/m0/s1. The Morgan fingerprint density at radius 3 is 1.97 bits per heavy atom. The number of ether oxygens (including phenoxy) is 1. The fraction of sp³-hybridized carbons (Fsp3) is 0.231. The molecule has 0 bridgehead atoms. The van der Waals surface area contributed by atoms with Gasteiger partial charge in [-0.1, -0.05) is 92.7 Å². The molecule has 0 amide bonds. The van der Waals surface area contributed by atoms with Crippen LogP contribution in [0.5, 0.6) is 0 Å². The molecule has 3 aromatic carbocycles. The van der Waals surface area contributed by atoms with Crippen LogP contribution >= 0.6 is 7.92 Å². The minimum absolute atomic E-state index is 0.00614. The Morgan fingerprint density at radius 2 is 1.43 bits per heavy atom. The molecule has 0 unspecified atom stereocenters. The summed E-state index contributed by atoms with van der Waals surface area (Å²) in [5, 5.41) is 3.34. The topological polar surface area (TPSA) is 43.4 Å². The van der Waals surface area contributed by atoms with E-state index >= 15 is 0 Å². The molecule has 0 heterocycles. The van der Waals surface area contributed by atoms with Crippen LogP contribution in [-0.4, -0.2) is 18.4 Å². The average Bonchev–Trinajstić information content (AvgIpc) is 2.79. The lowest BCUT2D eigenvalue weighted by Gasteiger charge is -2.24. The third kappa shape index (κ3) is 5.23. The Labute approximate surface area is 179 Å². The molecule has 3 nitrogen and oxygen atoms in total. The summed E-state index contributed by atoms with van der Waals surface area (Å²) in [7, 11) is -0.908. The number of carbonyl (C=O) groups is 2. The van der Waals surface area contributed by atoms with Crippen LogP contribution in [0.15, 0.2) is 84.9 Å². The number of rotatable bonds is 9. The van der Waals surface area contributed by atoms with Gasteiger partial charge >= 0.3 is 5.97 Å². The van der Waals surface area contributed by atoms with Crippen molar-refractivity contribution in [3.63, 3.8) is 0 Å². The molecule has 0 fully saturated rings. The second-order valence-electron chi connectivity index (χ2n) is 7.26. The van der Waals surface area contributed by atoms with Crippen LogP contribution in [0.4, 0.5) is 0 Å². The molecular weight excluding hydrogens is 391 g/mol. The predicted octanol–water partition coefficient (Wildman–Crippen LogP) is 4.61. The van der Waals surface area contributed by atoms with Gasteiger partial charge in [-0.25, -0.2) is 4.79 Å². The molecule has 0 saturated heterocycles. The summed E-state index contributed by atoms with van der Waals surface area (Å²) in [6, 6.07) is 28.3. The number of esters is 1. The first kappa shape index (κ1) is 21.9. The molecule has 154 valence electrons. The van der Waals surface area contributed by atoms with E-state index in [0.717, 1.165) is 11.6 Å². The lowest BCUT2D eigenvalue weighted by Crippen LogP contribution is -2.29. The van der Waals surface area contributed by atoms with Crippen LogP contribution in [0.25, 0.3) is 0 Å². The van der Waals surface area contributed by atoms with E-state index in [4.69, 9.17) is 4.74 Å². The maximum absolute atomic E-state index is 13.2. The van der Waals surface area contributed by atoms with E-state index in [1.54, 1.807) is 0 Å². The summed E-state index contributed by atoms with van der Waals surface area (Å²) in [6.45, 7) is 3.93. The Bertz CT molecular complexity index is 917. The maximum atomic E-state index is 13.2. The van der Waals surface area contributed by atoms with Gasteiger partial charge in [0.15, 0.2) is 0 Å². The molecule has 3 rings (SSSR count). The lowest BCUT2D eigenvalue weighted by molar-refractivity contribution is -0.109. The summed E-state index contributed by atoms with van der Waals surface area (Å²) < 4.78 is 5.88. The highest BCUT2D eigenvalue weighted by molar-refractivity contribution is 7.80. The summed E-state index contributed by atoms with van der Waals surface area (Å²) in [5.74, 6) is -0.331. The average molecular weight is 418 g/mol. The van der Waals surface area contributed by atoms with Crippen LogP contribution in [0.1, 0.15) is 37.0 Å². The van der Waals surface area contributed by atoms with Crippen LogP contribution in [-0.2, 0) is 9.53 Å². The van der Waals surface area contributed by atoms with E-state index in [1.165, 1.54) is 10.6 Å². The van der Waals surface area contributed by atoms with Crippen LogP contribution in [0.3, 0.4) is 0 Å². The van der Waals surface area contributed by atoms with Gasteiger partial charge < -0.3 is 9.53 Å². The number of hydrogen-bond donors (Lipinski definition) is 0. The molecule has 0 aliphatic heterocycles. The molecule has 0 saturated carbocycles. The second kappa shape index (κ2) is 10.8. The van der Waals surface area contributed by atoms with Crippen molar-refractivity contribution in [3.05, 3.63) is 90.5 Å². The SMILES string of the molecule is CC[C@H](OC(=O)c1ccccc1P(c1ccccc1)c1ccccc1)[C@@H](C)CC=O. The van der Waals surface area contributed by atoms with Gasteiger partial charge in [-0.15, -0.1) is 0 Å². The van der Waals surface area contributed by atoms with Crippen LogP contribution < -0.4 is 15.9 Å². The van der Waals surface area contributed by atoms with Crippen molar-refractivity contribution in [2.24, 2.45) is 5.92 Å². The molecule has 4 heteroatoms. The van der Waals surface area contributed by atoms with Crippen LogP contribution in [0, 0.1) is 5.92 Å². The first-order chi connectivity index (χ1) is 14.7. The van der Waals surface area contributed by atoms with Gasteiger partial charge in [-0.05, 0) is 42.2 Å². The zero-order valence-corrected chi connectivity index (χ0v) is 18.3. The zero-order valence-electron chi connectivity index (χ0n) is 17.4. The number of carbonyl (C=O) groups excluding carboxylic acids is 2. The molecular formula is C26H27O3P. The Kier molecular flexibility index (Phi) is 7.93. The Hall–Kier alpha value is -2.77. The monoisotopic (exact) mass is 418 g/mol. The van der Waals surface area contributed by atoms with E-state index in [9.17, 15) is 9.59 Å². The highest BCUT2D eigenvalue weighted by atomic mass is 31.1. The molecule has 0 aromatic heterocycles. The second-order valence-corrected chi connectivity index (χ2v) is 9.44. The van der Waals surface area contributed by atoms with Crippen molar-refractivity contribution in [2.45, 2.75) is 32.8 Å². The van der Waals surface area contributed by atoms with E-state index in [0.29, 0.717) is 18.4 Å². The van der Waals surface area contributed by atoms with Crippen molar-refractivity contribution in [1.82, 2.24) is 0 Å². The normalized spacial score (nSPS) is 12.9. The zero-order chi connectivity index (χ0) is 21.3. The maximum Gasteiger partial charge on any atom is 0.339 e. The molecule has 0 radical (unpaired) electrons. The van der Waals surface area contributed by atoms with Gasteiger partial charge in [0.1, 0.15) is 12.4 Å². The van der Waals surface area contributed by atoms with E-state index in [2.05, 4.69) is 24.3 Å². The minimum atomic E-state index is -0.908. The molecule has 0 N–H and O–H groups in total. The minimum Gasteiger partial charge on any atom is -0.458 e. The van der Waals surface area contributed by atoms with E-state index < -0.39 is 7.92 Å². The van der Waals surface area contributed by atoms with Gasteiger partial charge in [-0.3, -0.25) is 0 Å². The van der Waals surface area contributed by atoms with Crippen molar-refractivity contribution in [1.29, 1.82) is 0 Å². The van der Waals surface area contributed by atoms with E-state index in [-0.39, 0.29) is 18.0 Å². The fourth-order valence-electron chi connectivity index (χ4n) is 3.53. The van der Waals surface area contributed by atoms with Gasteiger partial charge in [0.05, 0.1) is 5.56 Å². The highest BCUT2D eigenvalue weighted by Crippen LogP contribution is 2.34. The fourth-order valence-corrected chi connectivity index (χ4v) is 5.97.